The summed E-state index contributed by atoms with van der Waals surface area (Å²) in [6.07, 6.45) is 3.82. The normalized spacial score (nSPS) is 14.1. The van der Waals surface area contributed by atoms with Gasteiger partial charge in [-0.15, -0.1) is 0 Å². The van der Waals surface area contributed by atoms with Gasteiger partial charge >= 0.3 is 0 Å². The van der Waals surface area contributed by atoms with Gasteiger partial charge in [0.15, 0.2) is 5.76 Å². The summed E-state index contributed by atoms with van der Waals surface area (Å²) in [6, 6.07) is 8.86. The number of nitrogens with two attached hydrogens (primary N) is 2. The van der Waals surface area contributed by atoms with Gasteiger partial charge in [-0.05, 0) is 127 Å². The Hall–Kier alpha value is -2.54. The molecule has 0 fully saturated rings. The second kappa shape index (κ2) is 11.5. The van der Waals surface area contributed by atoms with Gasteiger partial charge in [0.25, 0.3) is 0 Å². The number of anilines is 2. The van der Waals surface area contributed by atoms with Crippen molar-refractivity contribution < 1.29 is 9.53 Å². The average molecular weight is 613 g/mol. The SMILES string of the molecule is COC1=CC(=C(c2cc(C(C)C)c(N)c(C(C)C)c2)c2cc(C(C)C)c(N)c(C(C)C)c2)C=C(I)C1=O. The lowest BCUT2D eigenvalue weighted by molar-refractivity contribution is -0.114. The van der Waals surface area contributed by atoms with E-state index in [1.54, 1.807) is 7.11 Å². The number of ether oxygens (including phenoxy) is 1. The topological polar surface area (TPSA) is 78.3 Å². The molecule has 5 heteroatoms. The molecule has 2 aromatic carbocycles. The average Bonchev–Trinajstić information content (AvgIpc) is 2.82. The van der Waals surface area contributed by atoms with Crippen molar-refractivity contribution in [2.24, 2.45) is 0 Å². The Bertz CT molecular complexity index is 1180. The molecule has 0 spiro atoms. The van der Waals surface area contributed by atoms with Crippen molar-refractivity contribution in [1.82, 2.24) is 0 Å². The van der Waals surface area contributed by atoms with E-state index >= 15 is 0 Å². The minimum atomic E-state index is -0.0997. The first kappa shape index (κ1) is 29.0. The zero-order valence-electron chi connectivity index (χ0n) is 23.6. The highest BCUT2D eigenvalue weighted by Crippen LogP contribution is 2.41. The first-order chi connectivity index (χ1) is 17.3. The maximum Gasteiger partial charge on any atom is 0.233 e. The van der Waals surface area contributed by atoms with Crippen molar-refractivity contribution in [1.29, 1.82) is 0 Å². The third-order valence-electron chi connectivity index (χ3n) is 7.07. The third kappa shape index (κ3) is 5.82. The monoisotopic (exact) mass is 612 g/mol. The second-order valence-electron chi connectivity index (χ2n) is 11.1. The molecule has 0 radical (unpaired) electrons. The summed E-state index contributed by atoms with van der Waals surface area (Å²) in [5, 5.41) is 0. The maximum absolute atomic E-state index is 12.7. The van der Waals surface area contributed by atoms with E-state index in [-0.39, 0.29) is 29.5 Å². The molecule has 4 N–H and O–H groups in total. The van der Waals surface area contributed by atoms with Crippen molar-refractivity contribution in [3.63, 3.8) is 0 Å². The summed E-state index contributed by atoms with van der Waals surface area (Å²) in [4.78, 5) is 12.7. The van der Waals surface area contributed by atoms with Crippen LogP contribution in [0.2, 0.25) is 0 Å². The van der Waals surface area contributed by atoms with Crippen LogP contribution in [0.3, 0.4) is 0 Å². The lowest BCUT2D eigenvalue weighted by Crippen LogP contribution is -2.11. The lowest BCUT2D eigenvalue weighted by Gasteiger charge is -2.24. The van der Waals surface area contributed by atoms with Crippen LogP contribution < -0.4 is 11.5 Å². The summed E-state index contributed by atoms with van der Waals surface area (Å²) >= 11 is 2.11. The Balaban J connectivity index is 2.54. The van der Waals surface area contributed by atoms with Crippen molar-refractivity contribution in [3.8, 4) is 0 Å². The molecule has 0 aliphatic heterocycles. The van der Waals surface area contributed by atoms with Crippen LogP contribution >= 0.6 is 22.6 Å². The van der Waals surface area contributed by atoms with Crippen LogP contribution in [0.1, 0.15) is 112 Å². The Labute approximate surface area is 236 Å². The highest BCUT2D eigenvalue weighted by atomic mass is 127. The van der Waals surface area contributed by atoms with Gasteiger partial charge < -0.3 is 16.2 Å². The fourth-order valence-corrected chi connectivity index (χ4v) is 5.56. The number of nitrogen functional groups attached to an aromatic ring is 2. The van der Waals surface area contributed by atoms with E-state index < -0.39 is 0 Å². The number of halogens is 1. The molecule has 0 heterocycles. The summed E-state index contributed by atoms with van der Waals surface area (Å²) in [6.45, 7) is 17.4. The van der Waals surface area contributed by atoms with Crippen LogP contribution in [-0.4, -0.2) is 12.9 Å². The molecule has 1 aliphatic rings. The number of allylic oxidation sites excluding steroid dienone is 4. The summed E-state index contributed by atoms with van der Waals surface area (Å²) in [7, 11) is 1.55. The second-order valence-corrected chi connectivity index (χ2v) is 12.3. The molecule has 0 saturated carbocycles. The van der Waals surface area contributed by atoms with Crippen LogP contribution in [0.15, 0.2) is 51.3 Å². The van der Waals surface area contributed by atoms with E-state index in [4.69, 9.17) is 16.2 Å². The zero-order valence-corrected chi connectivity index (χ0v) is 25.8. The Kier molecular flexibility index (Phi) is 8.99. The lowest BCUT2D eigenvalue weighted by atomic mass is 9.82. The van der Waals surface area contributed by atoms with Gasteiger partial charge in [-0.1, -0.05) is 55.4 Å². The maximum atomic E-state index is 12.7. The number of ketones is 1. The van der Waals surface area contributed by atoms with Crippen LogP contribution in [0, 0.1) is 0 Å². The number of Topliss-reactive ketones (excluding diaryl/α,β-unsaturated/α-hetero) is 1. The summed E-state index contributed by atoms with van der Waals surface area (Å²) in [5.41, 5.74) is 23.7. The molecule has 1 aliphatic carbocycles. The minimum absolute atomic E-state index is 0.0997. The van der Waals surface area contributed by atoms with Gasteiger partial charge in [-0.2, -0.15) is 0 Å². The Morgan fingerprint density at radius 1 is 0.703 bits per heavy atom. The van der Waals surface area contributed by atoms with Crippen molar-refractivity contribution in [2.45, 2.75) is 79.1 Å². The zero-order chi connectivity index (χ0) is 27.8. The van der Waals surface area contributed by atoms with Gasteiger partial charge in [0.2, 0.25) is 5.78 Å². The number of carbonyl (C=O) groups is 1. The molecule has 0 amide bonds. The Morgan fingerprint density at radius 3 is 1.35 bits per heavy atom. The quantitative estimate of drug-likeness (QED) is 0.243. The predicted molar refractivity (Wildman–Crippen MR) is 166 cm³/mol. The number of rotatable bonds is 7. The fraction of sp³-hybridized carbons (Fsp3) is 0.406. The van der Waals surface area contributed by atoms with E-state index in [0.29, 0.717) is 9.34 Å². The van der Waals surface area contributed by atoms with E-state index in [2.05, 4.69) is 102 Å². The fourth-order valence-electron chi connectivity index (χ4n) is 4.96. The minimum Gasteiger partial charge on any atom is -0.493 e. The summed E-state index contributed by atoms with van der Waals surface area (Å²) in [5.74, 6) is 1.30. The van der Waals surface area contributed by atoms with Crippen LogP contribution in [0.4, 0.5) is 11.4 Å². The molecule has 0 atom stereocenters. The van der Waals surface area contributed by atoms with Crippen molar-refractivity contribution in [2.75, 3.05) is 18.6 Å². The molecule has 0 saturated heterocycles. The number of methoxy groups -OCH3 is 1. The first-order valence-corrected chi connectivity index (χ1v) is 14.1. The number of benzene rings is 2. The molecule has 0 aromatic heterocycles. The molecule has 37 heavy (non-hydrogen) atoms. The molecule has 2 aromatic rings. The van der Waals surface area contributed by atoms with E-state index in [0.717, 1.165) is 55.9 Å². The van der Waals surface area contributed by atoms with E-state index in [9.17, 15) is 4.79 Å². The molecule has 3 rings (SSSR count). The Morgan fingerprint density at radius 2 is 1.05 bits per heavy atom. The van der Waals surface area contributed by atoms with Crippen LogP contribution in [-0.2, 0) is 9.53 Å². The molecule has 0 unspecified atom stereocenters. The van der Waals surface area contributed by atoms with Crippen molar-refractivity contribution >= 4 is 45.3 Å². The van der Waals surface area contributed by atoms with Gasteiger partial charge in [-0.25, -0.2) is 0 Å². The van der Waals surface area contributed by atoms with Gasteiger partial charge in [-0.3, -0.25) is 4.79 Å². The van der Waals surface area contributed by atoms with E-state index in [1.165, 1.54) is 0 Å². The van der Waals surface area contributed by atoms with Gasteiger partial charge in [0.1, 0.15) is 0 Å². The summed E-state index contributed by atoms with van der Waals surface area (Å²) < 4.78 is 6.13. The molecule has 0 bridgehead atoms. The van der Waals surface area contributed by atoms with Crippen molar-refractivity contribution in [3.05, 3.63) is 84.7 Å². The largest absolute Gasteiger partial charge is 0.493 e. The molecular weight excluding hydrogens is 571 g/mol. The molecule has 198 valence electrons. The van der Waals surface area contributed by atoms with Crippen LogP contribution in [0.25, 0.3) is 5.57 Å². The van der Waals surface area contributed by atoms with Gasteiger partial charge in [0.05, 0.1) is 10.7 Å². The molecular formula is C32H41IN2O2. The third-order valence-corrected chi connectivity index (χ3v) is 7.87. The van der Waals surface area contributed by atoms with Crippen LogP contribution in [0.5, 0.6) is 0 Å². The standard InChI is InChI=1S/C32H41IN2O2/c1-16(2)23-10-20(11-24(17(3)4)30(23)34)29(22-14-27(33)32(36)28(15-22)37-9)21-12-25(18(5)6)31(35)26(13-21)19(7)8/h10-19H,34-35H2,1-9H3. The van der Waals surface area contributed by atoms with E-state index in [1.807, 2.05) is 12.2 Å². The number of hydrogen-bond acceptors (Lipinski definition) is 4. The number of hydrogen-bond donors (Lipinski definition) is 2. The number of carbonyl (C=O) groups excluding carboxylic acids is 1. The highest BCUT2D eigenvalue weighted by molar-refractivity contribution is 14.1. The first-order valence-electron chi connectivity index (χ1n) is 13.1. The van der Waals surface area contributed by atoms with Gasteiger partial charge in [0, 0.05) is 11.4 Å². The smallest absolute Gasteiger partial charge is 0.233 e. The highest BCUT2D eigenvalue weighted by Gasteiger charge is 2.25. The molecule has 4 nitrogen and oxygen atoms in total. The predicted octanol–water partition coefficient (Wildman–Crippen LogP) is 8.58.